The second kappa shape index (κ2) is 13.8. The molecule has 5 heteroatoms. The summed E-state index contributed by atoms with van der Waals surface area (Å²) in [5.41, 5.74) is 3.40. The van der Waals surface area contributed by atoms with Gasteiger partial charge in [-0.1, -0.05) is 71.9 Å². The summed E-state index contributed by atoms with van der Waals surface area (Å²) in [5, 5.41) is 0.115. The van der Waals surface area contributed by atoms with Crippen LogP contribution in [-0.4, -0.2) is 24.9 Å². The zero-order valence-corrected chi connectivity index (χ0v) is 20.2. The molecule has 1 unspecified atom stereocenters. The summed E-state index contributed by atoms with van der Waals surface area (Å²) in [6.45, 7) is 3.73. The average molecular weight is 465 g/mol. The third kappa shape index (κ3) is 9.42. The standard InChI is InChI=1S/C28H32O4S/c1-22-10-16-27(17-11-22)33-28(29)19-26(32-21-24-12-14-25(30-2)15-13-24)9-6-18-31-20-23-7-4-3-5-8-23/h3-5,7-8,10-17,26H,6,9,18-21H2,1-2H3. The Morgan fingerprint density at radius 1 is 0.879 bits per heavy atom. The Balaban J connectivity index is 1.49. The van der Waals surface area contributed by atoms with Gasteiger partial charge in [0.15, 0.2) is 5.12 Å². The van der Waals surface area contributed by atoms with Gasteiger partial charge < -0.3 is 14.2 Å². The van der Waals surface area contributed by atoms with Crippen LogP contribution in [0.25, 0.3) is 0 Å². The van der Waals surface area contributed by atoms with E-state index in [1.54, 1.807) is 7.11 Å². The molecule has 0 fully saturated rings. The first-order valence-electron chi connectivity index (χ1n) is 11.3. The minimum Gasteiger partial charge on any atom is -0.497 e. The van der Waals surface area contributed by atoms with E-state index < -0.39 is 0 Å². The number of aryl methyl sites for hydroxylation is 1. The molecule has 0 saturated carbocycles. The molecule has 0 N–H and O–H groups in total. The summed E-state index contributed by atoms with van der Waals surface area (Å²) >= 11 is 1.28. The van der Waals surface area contributed by atoms with Crippen LogP contribution in [0.2, 0.25) is 0 Å². The third-order valence-electron chi connectivity index (χ3n) is 5.22. The van der Waals surface area contributed by atoms with Gasteiger partial charge in [0.2, 0.25) is 0 Å². The Bertz CT molecular complexity index is 955. The zero-order valence-electron chi connectivity index (χ0n) is 19.4. The molecular formula is C28H32O4S. The molecule has 4 nitrogen and oxygen atoms in total. The van der Waals surface area contributed by atoms with Crippen molar-refractivity contribution in [2.45, 2.75) is 50.4 Å². The van der Waals surface area contributed by atoms with Crippen molar-refractivity contribution in [2.24, 2.45) is 0 Å². The maximum Gasteiger partial charge on any atom is 0.196 e. The molecule has 0 amide bonds. The van der Waals surface area contributed by atoms with Crippen molar-refractivity contribution < 1.29 is 19.0 Å². The molecule has 0 aliphatic carbocycles. The molecule has 33 heavy (non-hydrogen) atoms. The molecule has 0 saturated heterocycles. The van der Waals surface area contributed by atoms with Crippen LogP contribution in [0.15, 0.2) is 83.8 Å². The molecule has 0 aromatic heterocycles. The molecule has 174 valence electrons. The SMILES string of the molecule is COc1ccc(COC(CCCOCc2ccccc2)CC(=O)Sc2ccc(C)cc2)cc1. The summed E-state index contributed by atoms with van der Waals surface area (Å²) in [7, 11) is 1.65. The van der Waals surface area contributed by atoms with Gasteiger partial charge in [-0.25, -0.2) is 0 Å². The molecule has 0 heterocycles. The van der Waals surface area contributed by atoms with Crippen molar-refractivity contribution in [1.82, 2.24) is 0 Å². The topological polar surface area (TPSA) is 44.8 Å². The van der Waals surface area contributed by atoms with Crippen molar-refractivity contribution >= 4 is 16.9 Å². The van der Waals surface area contributed by atoms with Crippen LogP contribution in [0.4, 0.5) is 0 Å². The molecule has 1 atom stereocenters. The van der Waals surface area contributed by atoms with Gasteiger partial charge in [-0.3, -0.25) is 4.79 Å². The van der Waals surface area contributed by atoms with E-state index >= 15 is 0 Å². The molecule has 3 aromatic rings. The van der Waals surface area contributed by atoms with Crippen molar-refractivity contribution in [2.75, 3.05) is 13.7 Å². The number of rotatable bonds is 13. The van der Waals surface area contributed by atoms with Crippen molar-refractivity contribution in [3.8, 4) is 5.75 Å². The van der Waals surface area contributed by atoms with E-state index in [0.29, 0.717) is 26.2 Å². The van der Waals surface area contributed by atoms with E-state index in [9.17, 15) is 4.79 Å². The number of hydrogen-bond acceptors (Lipinski definition) is 5. The van der Waals surface area contributed by atoms with Gasteiger partial charge in [-0.15, -0.1) is 0 Å². The maximum atomic E-state index is 12.7. The number of ether oxygens (including phenoxy) is 3. The van der Waals surface area contributed by atoms with Crippen LogP contribution in [0.3, 0.4) is 0 Å². The number of methoxy groups -OCH3 is 1. The lowest BCUT2D eigenvalue weighted by Crippen LogP contribution is -2.17. The summed E-state index contributed by atoms with van der Waals surface area (Å²) in [6.07, 6.45) is 1.82. The van der Waals surface area contributed by atoms with Crippen LogP contribution in [-0.2, 0) is 27.5 Å². The maximum absolute atomic E-state index is 12.7. The van der Waals surface area contributed by atoms with Gasteiger partial charge in [0.05, 0.1) is 26.4 Å². The number of carbonyl (C=O) groups is 1. The fraction of sp³-hybridized carbons (Fsp3) is 0.321. The van der Waals surface area contributed by atoms with E-state index in [1.807, 2.05) is 73.7 Å². The number of thioether (sulfide) groups is 1. The molecule has 0 radical (unpaired) electrons. The van der Waals surface area contributed by atoms with Gasteiger partial charge in [0.1, 0.15) is 5.75 Å². The van der Waals surface area contributed by atoms with Gasteiger partial charge in [0, 0.05) is 17.9 Å². The molecule has 0 aliphatic heterocycles. The van der Waals surface area contributed by atoms with Crippen LogP contribution >= 0.6 is 11.8 Å². The van der Waals surface area contributed by atoms with Crippen LogP contribution < -0.4 is 4.74 Å². The minimum atomic E-state index is -0.155. The van der Waals surface area contributed by atoms with Gasteiger partial charge in [-0.2, -0.15) is 0 Å². The van der Waals surface area contributed by atoms with E-state index in [-0.39, 0.29) is 11.2 Å². The lowest BCUT2D eigenvalue weighted by Gasteiger charge is -2.18. The molecule has 0 bridgehead atoms. The molecular weight excluding hydrogens is 432 g/mol. The molecule has 3 aromatic carbocycles. The van der Waals surface area contributed by atoms with E-state index in [4.69, 9.17) is 14.2 Å². The zero-order chi connectivity index (χ0) is 23.3. The first-order valence-corrected chi connectivity index (χ1v) is 12.1. The first-order chi connectivity index (χ1) is 16.1. The number of carbonyl (C=O) groups excluding carboxylic acids is 1. The second-order valence-electron chi connectivity index (χ2n) is 7.95. The quantitative estimate of drug-likeness (QED) is 0.211. The Kier molecular flexibility index (Phi) is 10.5. The first kappa shape index (κ1) is 25.0. The van der Waals surface area contributed by atoms with Crippen LogP contribution in [0.5, 0.6) is 5.75 Å². The minimum absolute atomic E-state index is 0.115. The van der Waals surface area contributed by atoms with Crippen LogP contribution in [0, 0.1) is 6.92 Å². The average Bonchev–Trinajstić information content (AvgIpc) is 2.84. The van der Waals surface area contributed by atoms with Crippen molar-refractivity contribution in [3.63, 3.8) is 0 Å². The second-order valence-corrected chi connectivity index (χ2v) is 9.08. The Labute approximate surface area is 201 Å². The van der Waals surface area contributed by atoms with E-state index in [2.05, 4.69) is 12.1 Å². The largest absolute Gasteiger partial charge is 0.497 e. The number of hydrogen-bond donors (Lipinski definition) is 0. The normalized spacial score (nSPS) is 11.8. The van der Waals surface area contributed by atoms with E-state index in [1.165, 1.54) is 17.3 Å². The van der Waals surface area contributed by atoms with Gasteiger partial charge >= 0.3 is 0 Å². The van der Waals surface area contributed by atoms with E-state index in [0.717, 1.165) is 34.6 Å². The fourth-order valence-electron chi connectivity index (χ4n) is 3.32. The summed E-state index contributed by atoms with van der Waals surface area (Å²) in [6, 6.07) is 26.0. The van der Waals surface area contributed by atoms with Gasteiger partial charge in [0.25, 0.3) is 0 Å². The summed E-state index contributed by atoms with van der Waals surface area (Å²) in [5.74, 6) is 0.815. The Morgan fingerprint density at radius 3 is 2.27 bits per heavy atom. The predicted octanol–water partition coefficient (Wildman–Crippen LogP) is 6.59. The highest BCUT2D eigenvalue weighted by Crippen LogP contribution is 2.24. The third-order valence-corrected chi connectivity index (χ3v) is 6.12. The highest BCUT2D eigenvalue weighted by molar-refractivity contribution is 8.13. The number of benzene rings is 3. The molecule has 0 aliphatic rings. The Hall–Kier alpha value is -2.60. The smallest absolute Gasteiger partial charge is 0.196 e. The van der Waals surface area contributed by atoms with Crippen molar-refractivity contribution in [3.05, 3.63) is 95.6 Å². The predicted molar refractivity (Wildman–Crippen MR) is 134 cm³/mol. The highest BCUT2D eigenvalue weighted by atomic mass is 32.2. The molecule has 0 spiro atoms. The lowest BCUT2D eigenvalue weighted by atomic mass is 10.1. The fourth-order valence-corrected chi connectivity index (χ4v) is 4.13. The van der Waals surface area contributed by atoms with Crippen molar-refractivity contribution in [1.29, 1.82) is 0 Å². The molecule has 3 rings (SSSR count). The summed E-state index contributed by atoms with van der Waals surface area (Å²) in [4.78, 5) is 13.7. The van der Waals surface area contributed by atoms with Crippen LogP contribution in [0.1, 0.15) is 36.0 Å². The monoisotopic (exact) mass is 464 g/mol. The Morgan fingerprint density at radius 2 is 1.58 bits per heavy atom. The summed E-state index contributed by atoms with van der Waals surface area (Å²) < 4.78 is 17.2. The van der Waals surface area contributed by atoms with Gasteiger partial charge in [-0.05, 0) is 55.2 Å². The highest BCUT2D eigenvalue weighted by Gasteiger charge is 2.16. The lowest BCUT2D eigenvalue weighted by molar-refractivity contribution is -0.114.